The number of carbonyl (C=O) groups is 4. The fourth-order valence-electron chi connectivity index (χ4n) is 3.75. The maximum absolute atomic E-state index is 13.7. The van der Waals surface area contributed by atoms with E-state index in [0.29, 0.717) is 0 Å². The van der Waals surface area contributed by atoms with Crippen molar-refractivity contribution >= 4 is 23.9 Å². The Labute approximate surface area is 229 Å². The standard InChI is InChI=1S/C29H51N3O6/c1-15-28(10,11)21(31-26(36)38-29(12,13)25(35)37-16-2)23(33)30-22(27(7,8)9)24(34)32(14)20(19(5)6)17-18(3)4/h15,17,19-22H,1,16H2,2-14H3,(H,30,33)(H,31,36)/t20-,21?,22-/m1/s1. The van der Waals surface area contributed by atoms with Crippen LogP contribution in [0.15, 0.2) is 24.3 Å². The van der Waals surface area contributed by atoms with E-state index in [2.05, 4.69) is 17.2 Å². The molecule has 0 saturated heterocycles. The summed E-state index contributed by atoms with van der Waals surface area (Å²) in [6, 6.07) is -2.19. The third-order valence-electron chi connectivity index (χ3n) is 6.29. The molecular weight excluding hydrogens is 486 g/mol. The van der Waals surface area contributed by atoms with E-state index in [1.54, 1.807) is 32.7 Å². The zero-order valence-electron chi connectivity index (χ0n) is 25.8. The van der Waals surface area contributed by atoms with Crippen LogP contribution in [0, 0.1) is 16.7 Å². The highest BCUT2D eigenvalue weighted by Gasteiger charge is 2.42. The van der Waals surface area contributed by atoms with Crippen molar-refractivity contribution in [2.24, 2.45) is 16.7 Å². The molecule has 0 aliphatic heterocycles. The fraction of sp³-hybridized carbons (Fsp3) is 0.724. The van der Waals surface area contributed by atoms with Gasteiger partial charge in [-0.1, -0.05) is 66.2 Å². The van der Waals surface area contributed by atoms with Gasteiger partial charge in [0.2, 0.25) is 17.4 Å². The highest BCUT2D eigenvalue weighted by atomic mass is 16.6. The van der Waals surface area contributed by atoms with Crippen LogP contribution in [-0.4, -0.2) is 66.2 Å². The number of carbonyl (C=O) groups excluding carboxylic acids is 4. The molecule has 9 nitrogen and oxygen atoms in total. The monoisotopic (exact) mass is 537 g/mol. The fourth-order valence-corrected chi connectivity index (χ4v) is 3.75. The molecule has 0 aromatic rings. The normalized spacial score (nSPS) is 14.5. The van der Waals surface area contributed by atoms with Gasteiger partial charge in [0.15, 0.2) is 0 Å². The Morgan fingerprint density at radius 1 is 0.947 bits per heavy atom. The molecule has 0 aromatic heterocycles. The van der Waals surface area contributed by atoms with E-state index in [4.69, 9.17) is 9.47 Å². The molecule has 38 heavy (non-hydrogen) atoms. The molecule has 9 heteroatoms. The van der Waals surface area contributed by atoms with Gasteiger partial charge in [-0.05, 0) is 46.0 Å². The molecule has 2 N–H and O–H groups in total. The van der Waals surface area contributed by atoms with Crippen molar-refractivity contribution in [2.45, 2.75) is 107 Å². The summed E-state index contributed by atoms with van der Waals surface area (Å²) in [7, 11) is 1.73. The zero-order chi connectivity index (χ0) is 30.2. The lowest BCUT2D eigenvalue weighted by Crippen LogP contribution is -2.62. The summed E-state index contributed by atoms with van der Waals surface area (Å²) in [5, 5.41) is 5.44. The molecular formula is C29H51N3O6. The number of hydrogen-bond acceptors (Lipinski definition) is 6. The first kappa shape index (κ1) is 35.2. The second-order valence-electron chi connectivity index (χ2n) is 12.5. The Morgan fingerprint density at radius 3 is 1.87 bits per heavy atom. The van der Waals surface area contributed by atoms with Crippen molar-refractivity contribution in [3.05, 3.63) is 24.3 Å². The molecule has 1 unspecified atom stereocenters. The van der Waals surface area contributed by atoms with E-state index in [0.717, 1.165) is 5.57 Å². The molecule has 0 radical (unpaired) electrons. The zero-order valence-corrected chi connectivity index (χ0v) is 25.8. The van der Waals surface area contributed by atoms with Crippen LogP contribution >= 0.6 is 0 Å². The van der Waals surface area contributed by atoms with Gasteiger partial charge in [-0.15, -0.1) is 6.58 Å². The largest absolute Gasteiger partial charge is 0.463 e. The van der Waals surface area contributed by atoms with Crippen molar-refractivity contribution in [2.75, 3.05) is 13.7 Å². The Bertz CT molecular complexity index is 894. The minimum atomic E-state index is -1.57. The number of likely N-dealkylation sites (N-methyl/N-ethyl adjacent to an activating group) is 1. The predicted octanol–water partition coefficient (Wildman–Crippen LogP) is 4.62. The summed E-state index contributed by atoms with van der Waals surface area (Å²) in [4.78, 5) is 54.0. The summed E-state index contributed by atoms with van der Waals surface area (Å²) in [6.45, 7) is 25.5. The lowest BCUT2D eigenvalue weighted by Gasteiger charge is -2.39. The molecule has 0 aromatic carbocycles. The molecule has 218 valence electrons. The molecule has 0 aliphatic carbocycles. The highest BCUT2D eigenvalue weighted by molar-refractivity contribution is 5.93. The van der Waals surface area contributed by atoms with Gasteiger partial charge in [-0.3, -0.25) is 9.59 Å². The van der Waals surface area contributed by atoms with Gasteiger partial charge in [0.1, 0.15) is 12.1 Å². The van der Waals surface area contributed by atoms with Gasteiger partial charge in [-0.25, -0.2) is 9.59 Å². The Balaban J connectivity index is 6.14. The first-order valence-electron chi connectivity index (χ1n) is 13.1. The number of rotatable bonds is 12. The van der Waals surface area contributed by atoms with Crippen molar-refractivity contribution in [3.8, 4) is 0 Å². The number of ether oxygens (including phenoxy) is 2. The average Bonchev–Trinajstić information content (AvgIpc) is 2.76. The minimum absolute atomic E-state index is 0.129. The quantitative estimate of drug-likeness (QED) is 0.277. The molecule has 3 atom stereocenters. The van der Waals surface area contributed by atoms with Crippen molar-refractivity contribution in [1.82, 2.24) is 15.5 Å². The van der Waals surface area contributed by atoms with Gasteiger partial charge < -0.3 is 25.0 Å². The lowest BCUT2D eigenvalue weighted by atomic mass is 9.82. The Hall–Kier alpha value is -2.84. The summed E-state index contributed by atoms with van der Waals surface area (Å²) in [5.74, 6) is -1.38. The van der Waals surface area contributed by atoms with Crippen molar-refractivity contribution < 1.29 is 28.7 Å². The van der Waals surface area contributed by atoms with E-state index < -0.39 is 46.5 Å². The maximum atomic E-state index is 13.7. The molecule has 0 aliphatic rings. The van der Waals surface area contributed by atoms with Crippen LogP contribution in [0.2, 0.25) is 0 Å². The van der Waals surface area contributed by atoms with Crippen LogP contribution in [0.25, 0.3) is 0 Å². The molecule has 3 amide bonds. The maximum Gasteiger partial charge on any atom is 0.408 e. The number of amides is 3. The smallest absolute Gasteiger partial charge is 0.408 e. The molecule has 0 bridgehead atoms. The Kier molecular flexibility index (Phi) is 12.8. The predicted molar refractivity (Wildman–Crippen MR) is 150 cm³/mol. The summed E-state index contributed by atoms with van der Waals surface area (Å²) in [6.07, 6.45) is 2.60. The van der Waals surface area contributed by atoms with E-state index >= 15 is 0 Å². The van der Waals surface area contributed by atoms with Gasteiger partial charge in [0, 0.05) is 12.5 Å². The lowest BCUT2D eigenvalue weighted by molar-refractivity contribution is -0.161. The highest BCUT2D eigenvalue weighted by Crippen LogP contribution is 2.27. The number of nitrogens with one attached hydrogen (secondary N) is 2. The van der Waals surface area contributed by atoms with Crippen LogP contribution in [0.3, 0.4) is 0 Å². The van der Waals surface area contributed by atoms with Crippen LogP contribution in [0.4, 0.5) is 4.79 Å². The number of nitrogens with zero attached hydrogens (tertiary/aromatic N) is 1. The summed E-state index contributed by atoms with van der Waals surface area (Å²) < 4.78 is 10.3. The molecule has 0 heterocycles. The third kappa shape index (κ3) is 10.1. The number of esters is 1. The molecule has 0 rings (SSSR count). The first-order valence-corrected chi connectivity index (χ1v) is 13.1. The SMILES string of the molecule is C=CC(C)(C)C(NC(=O)OC(C)(C)C(=O)OCC)C(=O)N[C@H](C(=O)N(C)[C@H](C=C(C)C)C(C)C)C(C)(C)C. The average molecular weight is 538 g/mol. The summed E-state index contributed by atoms with van der Waals surface area (Å²) in [5.41, 5.74) is -2.04. The number of alkyl carbamates (subject to hydrolysis) is 1. The van der Waals surface area contributed by atoms with Gasteiger partial charge in [0.25, 0.3) is 0 Å². The van der Waals surface area contributed by atoms with Crippen LogP contribution in [-0.2, 0) is 23.9 Å². The molecule has 0 fully saturated rings. The van der Waals surface area contributed by atoms with Crippen LogP contribution in [0.5, 0.6) is 0 Å². The van der Waals surface area contributed by atoms with Gasteiger partial charge in [-0.2, -0.15) is 0 Å². The van der Waals surface area contributed by atoms with Crippen LogP contribution < -0.4 is 10.6 Å². The van der Waals surface area contributed by atoms with Crippen LogP contribution in [0.1, 0.15) is 83.1 Å². The first-order chi connectivity index (χ1) is 17.1. The second kappa shape index (κ2) is 13.8. The van der Waals surface area contributed by atoms with E-state index in [-0.39, 0.29) is 24.5 Å². The van der Waals surface area contributed by atoms with Gasteiger partial charge in [0.05, 0.1) is 12.6 Å². The van der Waals surface area contributed by atoms with Gasteiger partial charge >= 0.3 is 12.1 Å². The van der Waals surface area contributed by atoms with E-state index in [9.17, 15) is 19.2 Å². The second-order valence-corrected chi connectivity index (χ2v) is 12.5. The minimum Gasteiger partial charge on any atom is -0.463 e. The number of allylic oxidation sites excluding steroid dienone is 1. The van der Waals surface area contributed by atoms with Crippen molar-refractivity contribution in [1.29, 1.82) is 0 Å². The summed E-state index contributed by atoms with van der Waals surface area (Å²) >= 11 is 0. The Morgan fingerprint density at radius 2 is 1.47 bits per heavy atom. The molecule has 0 saturated carbocycles. The third-order valence-corrected chi connectivity index (χ3v) is 6.29. The number of hydrogen-bond donors (Lipinski definition) is 2. The van der Waals surface area contributed by atoms with Crippen molar-refractivity contribution in [3.63, 3.8) is 0 Å². The topological polar surface area (TPSA) is 114 Å². The van der Waals surface area contributed by atoms with E-state index in [1.165, 1.54) is 19.9 Å². The molecule has 0 spiro atoms. The van der Waals surface area contributed by atoms with E-state index in [1.807, 2.05) is 54.5 Å².